The van der Waals surface area contributed by atoms with E-state index in [9.17, 15) is 9.59 Å². The van der Waals surface area contributed by atoms with Crippen LogP contribution in [0.1, 0.15) is 0 Å². The number of pyridine rings is 1. The van der Waals surface area contributed by atoms with Crippen LogP contribution in [0.3, 0.4) is 0 Å². The number of aliphatic carboxylic acids is 1. The Morgan fingerprint density at radius 1 is 1.04 bits per heavy atom. The second-order valence-electron chi connectivity index (χ2n) is 5.82. The summed E-state index contributed by atoms with van der Waals surface area (Å²) in [7, 11) is 0. The number of aromatic nitrogens is 1. The first kappa shape index (κ1) is 17.5. The molecule has 26 heavy (non-hydrogen) atoms. The maximum Gasteiger partial charge on any atom is 0.341 e. The fourth-order valence-corrected chi connectivity index (χ4v) is 2.70. The molecule has 1 aliphatic heterocycles. The van der Waals surface area contributed by atoms with E-state index >= 15 is 0 Å². The first-order valence-electron chi connectivity index (χ1n) is 8.27. The quantitative estimate of drug-likeness (QED) is 0.850. The minimum absolute atomic E-state index is 0.154. The van der Waals surface area contributed by atoms with Gasteiger partial charge in [0.25, 0.3) is 0 Å². The van der Waals surface area contributed by atoms with Crippen LogP contribution < -0.4 is 15.0 Å². The van der Waals surface area contributed by atoms with Crippen LogP contribution in [0.25, 0.3) is 0 Å². The van der Waals surface area contributed by atoms with Gasteiger partial charge in [-0.2, -0.15) is 0 Å². The average Bonchev–Trinajstić information content (AvgIpc) is 2.68. The standard InChI is InChI=1S/C18H20N4O4/c23-17(24)13-26-16-3-1-14(2-4-16)20-18(25)22-11-9-21(10-12-22)15-5-7-19-8-6-15/h1-8H,9-13H2,(H,20,25)(H,23,24). The third-order valence-electron chi connectivity index (χ3n) is 4.06. The Bertz CT molecular complexity index is 744. The van der Waals surface area contributed by atoms with Crippen molar-refractivity contribution >= 4 is 23.4 Å². The number of carboxylic acid groups (broad SMARTS) is 1. The first-order chi connectivity index (χ1) is 12.6. The summed E-state index contributed by atoms with van der Waals surface area (Å²) < 4.78 is 5.06. The molecule has 1 saturated heterocycles. The molecule has 8 heteroatoms. The summed E-state index contributed by atoms with van der Waals surface area (Å²) in [5.74, 6) is -0.593. The average molecular weight is 356 g/mol. The molecule has 0 aliphatic carbocycles. The predicted molar refractivity (Wildman–Crippen MR) is 96.6 cm³/mol. The van der Waals surface area contributed by atoms with Gasteiger partial charge in [0.2, 0.25) is 0 Å². The molecule has 8 nitrogen and oxygen atoms in total. The smallest absolute Gasteiger partial charge is 0.341 e. The monoisotopic (exact) mass is 356 g/mol. The number of benzene rings is 1. The van der Waals surface area contributed by atoms with E-state index < -0.39 is 12.6 Å². The minimum atomic E-state index is -1.03. The summed E-state index contributed by atoms with van der Waals surface area (Å²) in [5, 5.41) is 11.4. The number of ether oxygens (including phenoxy) is 1. The van der Waals surface area contributed by atoms with Crippen LogP contribution in [0.2, 0.25) is 0 Å². The van der Waals surface area contributed by atoms with Crippen molar-refractivity contribution in [1.82, 2.24) is 9.88 Å². The highest BCUT2D eigenvalue weighted by Gasteiger charge is 2.21. The molecule has 2 aromatic rings. The number of rotatable bonds is 5. The number of carbonyl (C=O) groups excluding carboxylic acids is 1. The summed E-state index contributed by atoms with van der Waals surface area (Å²) in [6, 6.07) is 10.4. The molecule has 0 radical (unpaired) electrons. The van der Waals surface area contributed by atoms with Gasteiger partial charge in [-0.15, -0.1) is 0 Å². The van der Waals surface area contributed by atoms with Crippen molar-refractivity contribution in [1.29, 1.82) is 0 Å². The molecule has 136 valence electrons. The molecule has 1 aromatic carbocycles. The SMILES string of the molecule is O=C(O)COc1ccc(NC(=O)N2CCN(c3ccncc3)CC2)cc1. The van der Waals surface area contributed by atoms with E-state index in [-0.39, 0.29) is 6.03 Å². The summed E-state index contributed by atoms with van der Waals surface area (Å²) >= 11 is 0. The zero-order chi connectivity index (χ0) is 18.4. The van der Waals surface area contributed by atoms with Crippen LogP contribution >= 0.6 is 0 Å². The minimum Gasteiger partial charge on any atom is -0.482 e. The lowest BCUT2D eigenvalue weighted by atomic mass is 10.2. The number of nitrogens with one attached hydrogen (secondary N) is 1. The zero-order valence-corrected chi connectivity index (χ0v) is 14.2. The van der Waals surface area contributed by atoms with Crippen molar-refractivity contribution in [2.75, 3.05) is 43.0 Å². The van der Waals surface area contributed by atoms with Gasteiger partial charge in [-0.3, -0.25) is 4.98 Å². The van der Waals surface area contributed by atoms with Crippen LogP contribution in [0.5, 0.6) is 5.75 Å². The predicted octanol–water partition coefficient (Wildman–Crippen LogP) is 1.90. The molecule has 0 unspecified atom stereocenters. The Kier molecular flexibility index (Phi) is 5.52. The molecule has 0 saturated carbocycles. The van der Waals surface area contributed by atoms with E-state index in [1.54, 1.807) is 41.6 Å². The van der Waals surface area contributed by atoms with E-state index in [2.05, 4.69) is 15.2 Å². The van der Waals surface area contributed by atoms with Crippen molar-refractivity contribution < 1.29 is 19.4 Å². The van der Waals surface area contributed by atoms with E-state index in [1.165, 1.54) is 0 Å². The fourth-order valence-electron chi connectivity index (χ4n) is 2.70. The van der Waals surface area contributed by atoms with Gasteiger partial charge in [-0.25, -0.2) is 9.59 Å². The van der Waals surface area contributed by atoms with Crippen LogP contribution in [0.15, 0.2) is 48.8 Å². The maximum atomic E-state index is 12.4. The van der Waals surface area contributed by atoms with Crippen LogP contribution in [-0.2, 0) is 4.79 Å². The second-order valence-corrected chi connectivity index (χ2v) is 5.82. The molecule has 0 spiro atoms. The van der Waals surface area contributed by atoms with E-state index in [4.69, 9.17) is 9.84 Å². The summed E-state index contributed by atoms with van der Waals surface area (Å²) in [5.41, 5.74) is 1.74. The van der Waals surface area contributed by atoms with Crippen molar-refractivity contribution in [2.45, 2.75) is 0 Å². The van der Waals surface area contributed by atoms with Crippen LogP contribution in [0.4, 0.5) is 16.2 Å². The molecule has 2 N–H and O–H groups in total. The van der Waals surface area contributed by atoms with Gasteiger partial charge >= 0.3 is 12.0 Å². The van der Waals surface area contributed by atoms with Gasteiger partial charge in [-0.05, 0) is 36.4 Å². The highest BCUT2D eigenvalue weighted by Crippen LogP contribution is 2.18. The Balaban J connectivity index is 1.49. The highest BCUT2D eigenvalue weighted by atomic mass is 16.5. The lowest BCUT2D eigenvalue weighted by Gasteiger charge is -2.36. The van der Waals surface area contributed by atoms with Crippen molar-refractivity contribution in [2.24, 2.45) is 0 Å². The third kappa shape index (κ3) is 4.62. The Morgan fingerprint density at radius 3 is 2.31 bits per heavy atom. The number of anilines is 2. The van der Waals surface area contributed by atoms with Crippen molar-refractivity contribution in [3.63, 3.8) is 0 Å². The van der Waals surface area contributed by atoms with Crippen molar-refractivity contribution in [3.8, 4) is 5.75 Å². The number of urea groups is 1. The summed E-state index contributed by atoms with van der Waals surface area (Å²) in [6.45, 7) is 2.40. The Labute approximate surface area is 151 Å². The number of amides is 2. The van der Waals surface area contributed by atoms with Gasteiger partial charge in [0.1, 0.15) is 5.75 Å². The van der Waals surface area contributed by atoms with Gasteiger partial charge < -0.3 is 25.0 Å². The number of hydrogen-bond donors (Lipinski definition) is 2. The van der Waals surface area contributed by atoms with Crippen LogP contribution in [-0.4, -0.2) is 59.8 Å². The lowest BCUT2D eigenvalue weighted by molar-refractivity contribution is -0.139. The molecular formula is C18H20N4O4. The van der Waals surface area contributed by atoms with Crippen molar-refractivity contribution in [3.05, 3.63) is 48.8 Å². The van der Waals surface area contributed by atoms with Gasteiger partial charge in [0.15, 0.2) is 6.61 Å². The van der Waals surface area contributed by atoms with Gasteiger partial charge in [0.05, 0.1) is 0 Å². The first-order valence-corrected chi connectivity index (χ1v) is 8.27. The van der Waals surface area contributed by atoms with Crippen LogP contribution in [0, 0.1) is 0 Å². The molecule has 3 rings (SSSR count). The van der Waals surface area contributed by atoms with E-state index in [1.807, 2.05) is 12.1 Å². The molecular weight excluding hydrogens is 336 g/mol. The van der Waals surface area contributed by atoms with Gasteiger partial charge in [-0.1, -0.05) is 0 Å². The van der Waals surface area contributed by atoms with Gasteiger partial charge in [0, 0.05) is 49.9 Å². The molecule has 2 amide bonds. The molecule has 0 bridgehead atoms. The zero-order valence-electron chi connectivity index (χ0n) is 14.2. The number of piperazine rings is 1. The number of hydrogen-bond acceptors (Lipinski definition) is 5. The number of carbonyl (C=O) groups is 2. The maximum absolute atomic E-state index is 12.4. The lowest BCUT2D eigenvalue weighted by Crippen LogP contribution is -2.50. The fraction of sp³-hybridized carbons (Fsp3) is 0.278. The molecule has 0 atom stereocenters. The largest absolute Gasteiger partial charge is 0.482 e. The number of nitrogens with zero attached hydrogens (tertiary/aromatic N) is 3. The van der Waals surface area contributed by atoms with E-state index in [0.29, 0.717) is 24.5 Å². The number of carboxylic acids is 1. The Morgan fingerprint density at radius 2 is 1.69 bits per heavy atom. The molecule has 1 aromatic heterocycles. The highest BCUT2D eigenvalue weighted by molar-refractivity contribution is 5.89. The molecule has 1 aliphatic rings. The Hall–Kier alpha value is -3.29. The second kappa shape index (κ2) is 8.19. The molecule has 1 fully saturated rings. The summed E-state index contributed by atoms with van der Waals surface area (Å²) in [6.07, 6.45) is 3.52. The molecule has 2 heterocycles. The summed E-state index contributed by atoms with van der Waals surface area (Å²) in [4.78, 5) is 30.9. The topological polar surface area (TPSA) is 95.0 Å². The normalized spacial score (nSPS) is 14.0. The van der Waals surface area contributed by atoms with E-state index in [0.717, 1.165) is 18.8 Å². The third-order valence-corrected chi connectivity index (χ3v) is 4.06.